The van der Waals surface area contributed by atoms with Crippen molar-refractivity contribution >= 4 is 16.9 Å². The van der Waals surface area contributed by atoms with E-state index in [9.17, 15) is 4.79 Å². The Morgan fingerprint density at radius 2 is 2.26 bits per heavy atom. The second-order valence-corrected chi connectivity index (χ2v) is 6.71. The predicted molar refractivity (Wildman–Crippen MR) is 87.1 cm³/mol. The topological polar surface area (TPSA) is 70.2 Å². The third-order valence-corrected chi connectivity index (χ3v) is 5.04. The van der Waals surface area contributed by atoms with Crippen LogP contribution < -0.4 is 5.32 Å². The van der Waals surface area contributed by atoms with E-state index in [-0.39, 0.29) is 30.5 Å². The molecule has 122 valence electrons. The SMILES string of the molecule is CN(C)[C@@H]1[C@@H](NC(=O)Cc2nc3ccccc3[nH]2)[C@H]2CCO[C@H]21. The van der Waals surface area contributed by atoms with Gasteiger partial charge in [0, 0.05) is 12.5 Å². The molecule has 1 aliphatic heterocycles. The van der Waals surface area contributed by atoms with E-state index in [4.69, 9.17) is 4.74 Å². The lowest BCUT2D eigenvalue weighted by atomic mass is 9.71. The van der Waals surface area contributed by atoms with Gasteiger partial charge < -0.3 is 19.9 Å². The number of hydrogen-bond acceptors (Lipinski definition) is 4. The van der Waals surface area contributed by atoms with Gasteiger partial charge in [0.1, 0.15) is 5.82 Å². The van der Waals surface area contributed by atoms with Crippen LogP contribution in [0.4, 0.5) is 0 Å². The highest BCUT2D eigenvalue weighted by molar-refractivity contribution is 5.81. The van der Waals surface area contributed by atoms with E-state index >= 15 is 0 Å². The summed E-state index contributed by atoms with van der Waals surface area (Å²) in [5, 5.41) is 3.19. The van der Waals surface area contributed by atoms with Crippen molar-refractivity contribution in [2.45, 2.75) is 31.0 Å². The Labute approximate surface area is 135 Å². The van der Waals surface area contributed by atoms with Crippen LogP contribution in [0.25, 0.3) is 11.0 Å². The molecule has 1 amide bonds. The van der Waals surface area contributed by atoms with Crippen LogP contribution in [0, 0.1) is 5.92 Å². The molecule has 6 heteroatoms. The number of aromatic nitrogens is 2. The van der Waals surface area contributed by atoms with Crippen molar-refractivity contribution in [3.05, 3.63) is 30.1 Å². The largest absolute Gasteiger partial charge is 0.376 e. The van der Waals surface area contributed by atoms with Gasteiger partial charge >= 0.3 is 0 Å². The zero-order chi connectivity index (χ0) is 16.0. The summed E-state index contributed by atoms with van der Waals surface area (Å²) in [4.78, 5) is 22.3. The van der Waals surface area contributed by atoms with Crippen molar-refractivity contribution in [3.63, 3.8) is 0 Å². The fourth-order valence-corrected chi connectivity index (χ4v) is 3.96. The second kappa shape index (κ2) is 5.62. The number of benzene rings is 1. The van der Waals surface area contributed by atoms with E-state index in [1.165, 1.54) is 0 Å². The molecular formula is C17H22N4O2. The molecule has 2 N–H and O–H groups in total. The zero-order valence-electron chi connectivity index (χ0n) is 13.5. The summed E-state index contributed by atoms with van der Waals surface area (Å²) in [6, 6.07) is 8.26. The minimum Gasteiger partial charge on any atom is -0.376 e. The van der Waals surface area contributed by atoms with Gasteiger partial charge in [-0.05, 0) is 32.6 Å². The molecular weight excluding hydrogens is 292 g/mol. The second-order valence-electron chi connectivity index (χ2n) is 6.71. The Morgan fingerprint density at radius 1 is 1.43 bits per heavy atom. The monoisotopic (exact) mass is 314 g/mol. The van der Waals surface area contributed by atoms with Gasteiger partial charge in [-0.15, -0.1) is 0 Å². The van der Waals surface area contributed by atoms with Crippen LogP contribution in [0.15, 0.2) is 24.3 Å². The first-order chi connectivity index (χ1) is 11.1. The van der Waals surface area contributed by atoms with Gasteiger partial charge in [-0.1, -0.05) is 12.1 Å². The summed E-state index contributed by atoms with van der Waals surface area (Å²) >= 11 is 0. The summed E-state index contributed by atoms with van der Waals surface area (Å²) in [7, 11) is 4.09. The number of rotatable bonds is 4. The quantitative estimate of drug-likeness (QED) is 0.881. The van der Waals surface area contributed by atoms with Crippen molar-refractivity contribution in [1.82, 2.24) is 20.2 Å². The van der Waals surface area contributed by atoms with Crippen molar-refractivity contribution in [2.75, 3.05) is 20.7 Å². The molecule has 2 aromatic rings. The third kappa shape index (κ3) is 2.52. The normalized spacial score (nSPS) is 29.5. The molecule has 4 rings (SSSR count). The average Bonchev–Trinajstić information content (AvgIpc) is 3.08. The Bertz CT molecular complexity index is 693. The number of carbonyl (C=O) groups excluding carboxylic acids is 1. The molecule has 1 aromatic carbocycles. The molecule has 1 saturated heterocycles. The lowest BCUT2D eigenvalue weighted by molar-refractivity contribution is -0.127. The molecule has 0 bridgehead atoms. The van der Waals surface area contributed by atoms with Crippen molar-refractivity contribution < 1.29 is 9.53 Å². The van der Waals surface area contributed by atoms with E-state index < -0.39 is 0 Å². The van der Waals surface area contributed by atoms with E-state index in [1.54, 1.807) is 0 Å². The highest BCUT2D eigenvalue weighted by Gasteiger charge is 2.55. The fraction of sp³-hybridized carbons (Fsp3) is 0.529. The summed E-state index contributed by atoms with van der Waals surface area (Å²) in [5.41, 5.74) is 1.86. The molecule has 0 radical (unpaired) electrons. The first-order valence-corrected chi connectivity index (χ1v) is 8.14. The van der Waals surface area contributed by atoms with E-state index in [2.05, 4.69) is 20.2 Å². The Kier molecular flexibility index (Phi) is 3.58. The van der Waals surface area contributed by atoms with Gasteiger partial charge in [0.05, 0.1) is 35.6 Å². The van der Waals surface area contributed by atoms with Gasteiger partial charge in [-0.25, -0.2) is 4.98 Å². The Hall–Kier alpha value is -1.92. The van der Waals surface area contributed by atoms with Gasteiger partial charge in [-0.2, -0.15) is 0 Å². The minimum absolute atomic E-state index is 0.0197. The highest BCUT2D eigenvalue weighted by atomic mass is 16.5. The first kappa shape index (κ1) is 14.7. The number of imidazole rings is 1. The number of carbonyl (C=O) groups is 1. The van der Waals surface area contributed by atoms with Crippen molar-refractivity contribution in [1.29, 1.82) is 0 Å². The standard InChI is InChI=1S/C17H22N4O2/c1-21(2)16-15(10-7-8-23-17(10)16)20-14(22)9-13-18-11-5-3-4-6-12(11)19-13/h3-6,10,15-17H,7-9H2,1-2H3,(H,18,19)(H,20,22)/t10-,15+,16-,17-/m1/s1. The van der Waals surface area contributed by atoms with Gasteiger partial charge in [0.15, 0.2) is 0 Å². The van der Waals surface area contributed by atoms with Crippen molar-refractivity contribution in [2.24, 2.45) is 5.92 Å². The zero-order valence-corrected chi connectivity index (χ0v) is 13.5. The van der Waals surface area contributed by atoms with Gasteiger partial charge in [-0.3, -0.25) is 4.79 Å². The number of para-hydroxylation sites is 2. The smallest absolute Gasteiger partial charge is 0.227 e. The van der Waals surface area contributed by atoms with Crippen LogP contribution in [0.5, 0.6) is 0 Å². The number of fused-ring (bicyclic) bond motifs is 2. The van der Waals surface area contributed by atoms with Crippen LogP contribution in [0.1, 0.15) is 12.2 Å². The third-order valence-electron chi connectivity index (χ3n) is 5.04. The van der Waals surface area contributed by atoms with Crippen LogP contribution >= 0.6 is 0 Å². The predicted octanol–water partition coefficient (Wildman–Crippen LogP) is 0.939. The number of aromatic amines is 1. The number of hydrogen-bond donors (Lipinski definition) is 2. The molecule has 2 aliphatic rings. The van der Waals surface area contributed by atoms with Gasteiger partial charge in [0.2, 0.25) is 5.91 Å². The highest BCUT2D eigenvalue weighted by Crippen LogP contribution is 2.41. The summed E-state index contributed by atoms with van der Waals surface area (Å²) in [6.45, 7) is 0.801. The van der Waals surface area contributed by atoms with Crippen molar-refractivity contribution in [3.8, 4) is 0 Å². The molecule has 2 fully saturated rings. The number of ether oxygens (including phenoxy) is 1. The lowest BCUT2D eigenvalue weighted by Gasteiger charge is -2.50. The molecule has 0 unspecified atom stereocenters. The average molecular weight is 314 g/mol. The molecule has 1 saturated carbocycles. The van der Waals surface area contributed by atoms with Crippen LogP contribution in [0.2, 0.25) is 0 Å². The molecule has 6 nitrogen and oxygen atoms in total. The Balaban J connectivity index is 1.43. The number of H-pyrrole nitrogens is 1. The minimum atomic E-state index is 0.0197. The van der Waals surface area contributed by atoms with Crippen LogP contribution in [0.3, 0.4) is 0 Å². The van der Waals surface area contributed by atoms with Gasteiger partial charge in [0.25, 0.3) is 0 Å². The molecule has 2 heterocycles. The number of nitrogens with zero attached hydrogens (tertiary/aromatic N) is 2. The first-order valence-electron chi connectivity index (χ1n) is 8.14. The van der Waals surface area contributed by atoms with Crippen LogP contribution in [-0.4, -0.2) is 59.7 Å². The summed E-state index contributed by atoms with van der Waals surface area (Å²) in [6.07, 6.45) is 1.58. The van der Waals surface area contributed by atoms with E-state index in [0.29, 0.717) is 11.7 Å². The maximum Gasteiger partial charge on any atom is 0.227 e. The fourth-order valence-electron chi connectivity index (χ4n) is 3.96. The molecule has 1 aromatic heterocycles. The Morgan fingerprint density at radius 3 is 3.04 bits per heavy atom. The maximum atomic E-state index is 12.4. The van der Waals surface area contributed by atoms with E-state index in [0.717, 1.165) is 24.1 Å². The molecule has 1 aliphatic carbocycles. The molecule has 23 heavy (non-hydrogen) atoms. The summed E-state index contributed by atoms with van der Waals surface area (Å²) < 4.78 is 5.78. The lowest BCUT2D eigenvalue weighted by Crippen LogP contribution is -2.69. The number of nitrogens with one attached hydrogen (secondary N) is 2. The summed E-state index contributed by atoms with van der Waals surface area (Å²) in [5.74, 6) is 1.18. The maximum absolute atomic E-state index is 12.4. The molecule has 0 spiro atoms. The van der Waals surface area contributed by atoms with E-state index in [1.807, 2.05) is 38.4 Å². The van der Waals surface area contributed by atoms with Crippen LogP contribution in [-0.2, 0) is 16.0 Å². The number of amides is 1. The molecule has 4 atom stereocenters. The number of likely N-dealkylation sites (N-methyl/N-ethyl adjacent to an activating group) is 1.